The number of nitrogens with one attached hydrogen (secondary N) is 1. The van der Waals surface area contributed by atoms with Crippen LogP contribution in [0.4, 0.5) is 0 Å². The van der Waals surface area contributed by atoms with Crippen LogP contribution < -0.4 is 15.8 Å². The Balaban J connectivity index is 2.65. The standard InChI is InChI=1S/C15H20ClN3O2/c1-2-12(18)9-11-5-3-6-13(16)15(11)21-10-14(20)19-8-4-7-17/h3,5-6,12H,2,4,8-10,18H2,1H3,(H,19,20). The predicted octanol–water partition coefficient (Wildman–Crippen LogP) is 2.03. The second kappa shape index (κ2) is 9.22. The third kappa shape index (κ3) is 6.03. The van der Waals surface area contributed by atoms with E-state index in [1.54, 1.807) is 6.07 Å². The van der Waals surface area contributed by atoms with E-state index in [0.29, 0.717) is 23.7 Å². The highest BCUT2D eigenvalue weighted by Gasteiger charge is 2.13. The van der Waals surface area contributed by atoms with Crippen LogP contribution in [0.5, 0.6) is 5.75 Å². The number of ether oxygens (including phenoxy) is 1. The highest BCUT2D eigenvalue weighted by molar-refractivity contribution is 6.32. The molecule has 0 saturated carbocycles. The number of carbonyl (C=O) groups excluding carboxylic acids is 1. The predicted molar refractivity (Wildman–Crippen MR) is 82.2 cm³/mol. The lowest BCUT2D eigenvalue weighted by Crippen LogP contribution is -2.30. The molecule has 3 N–H and O–H groups in total. The minimum absolute atomic E-state index is 0.0234. The summed E-state index contributed by atoms with van der Waals surface area (Å²) in [7, 11) is 0. The average Bonchev–Trinajstić information content (AvgIpc) is 2.46. The van der Waals surface area contributed by atoms with Crippen molar-refractivity contribution < 1.29 is 9.53 Å². The van der Waals surface area contributed by atoms with E-state index >= 15 is 0 Å². The van der Waals surface area contributed by atoms with Gasteiger partial charge >= 0.3 is 0 Å². The van der Waals surface area contributed by atoms with E-state index in [9.17, 15) is 4.79 Å². The monoisotopic (exact) mass is 309 g/mol. The Hall–Kier alpha value is -1.77. The van der Waals surface area contributed by atoms with Gasteiger partial charge in [0.05, 0.1) is 17.5 Å². The fourth-order valence-electron chi connectivity index (χ4n) is 1.75. The Bertz CT molecular complexity index is 514. The summed E-state index contributed by atoms with van der Waals surface area (Å²) < 4.78 is 5.52. The molecule has 0 aromatic heterocycles. The van der Waals surface area contributed by atoms with Gasteiger partial charge in [-0.25, -0.2) is 0 Å². The molecule has 0 fully saturated rings. The van der Waals surface area contributed by atoms with Gasteiger partial charge in [-0.3, -0.25) is 4.79 Å². The van der Waals surface area contributed by atoms with Gasteiger partial charge in [0.15, 0.2) is 6.61 Å². The van der Waals surface area contributed by atoms with Gasteiger partial charge in [-0.05, 0) is 24.5 Å². The summed E-state index contributed by atoms with van der Waals surface area (Å²) in [6.07, 6.45) is 1.76. The van der Waals surface area contributed by atoms with Gasteiger partial charge in [-0.15, -0.1) is 0 Å². The molecule has 1 atom stereocenters. The minimum atomic E-state index is -0.282. The van der Waals surface area contributed by atoms with Crippen LogP contribution in [-0.4, -0.2) is 25.1 Å². The first-order chi connectivity index (χ1) is 10.1. The highest BCUT2D eigenvalue weighted by Crippen LogP contribution is 2.29. The van der Waals surface area contributed by atoms with Crippen molar-refractivity contribution in [2.24, 2.45) is 5.73 Å². The second-order valence-electron chi connectivity index (χ2n) is 4.65. The topological polar surface area (TPSA) is 88.1 Å². The molecule has 0 bridgehead atoms. The minimum Gasteiger partial charge on any atom is -0.482 e. The van der Waals surface area contributed by atoms with Crippen LogP contribution in [0.25, 0.3) is 0 Å². The molecule has 1 rings (SSSR count). The van der Waals surface area contributed by atoms with Crippen LogP contribution in [0.15, 0.2) is 18.2 Å². The smallest absolute Gasteiger partial charge is 0.257 e. The third-order valence-electron chi connectivity index (χ3n) is 2.96. The number of amides is 1. The number of hydrogen-bond acceptors (Lipinski definition) is 4. The molecule has 1 unspecified atom stereocenters. The van der Waals surface area contributed by atoms with Gasteiger partial charge in [0, 0.05) is 12.6 Å². The van der Waals surface area contributed by atoms with Crippen LogP contribution in [0.1, 0.15) is 25.3 Å². The number of hydrogen-bond donors (Lipinski definition) is 2. The largest absolute Gasteiger partial charge is 0.482 e. The number of rotatable bonds is 8. The molecule has 6 heteroatoms. The fourth-order valence-corrected chi connectivity index (χ4v) is 2.00. The van der Waals surface area contributed by atoms with E-state index in [2.05, 4.69) is 5.32 Å². The Labute approximate surface area is 130 Å². The van der Waals surface area contributed by atoms with E-state index in [1.165, 1.54) is 0 Å². The van der Waals surface area contributed by atoms with Gasteiger partial charge in [0.2, 0.25) is 0 Å². The summed E-state index contributed by atoms with van der Waals surface area (Å²) >= 11 is 6.13. The lowest BCUT2D eigenvalue weighted by Gasteiger charge is -2.15. The average molecular weight is 310 g/mol. The Morgan fingerprint density at radius 1 is 1.57 bits per heavy atom. The molecular formula is C15H20ClN3O2. The van der Waals surface area contributed by atoms with Crippen molar-refractivity contribution in [1.29, 1.82) is 5.26 Å². The van der Waals surface area contributed by atoms with E-state index in [1.807, 2.05) is 25.1 Å². The third-order valence-corrected chi connectivity index (χ3v) is 3.26. The molecule has 114 valence electrons. The number of para-hydroxylation sites is 1. The number of benzene rings is 1. The van der Waals surface area contributed by atoms with Crippen molar-refractivity contribution in [2.75, 3.05) is 13.2 Å². The molecule has 5 nitrogen and oxygen atoms in total. The van der Waals surface area contributed by atoms with Crippen LogP contribution in [0.3, 0.4) is 0 Å². The van der Waals surface area contributed by atoms with Crippen LogP contribution >= 0.6 is 11.6 Å². The summed E-state index contributed by atoms with van der Waals surface area (Å²) in [6, 6.07) is 7.42. The van der Waals surface area contributed by atoms with Crippen molar-refractivity contribution in [3.63, 3.8) is 0 Å². The molecule has 0 saturated heterocycles. The van der Waals surface area contributed by atoms with E-state index in [-0.39, 0.29) is 25.0 Å². The second-order valence-corrected chi connectivity index (χ2v) is 5.05. The van der Waals surface area contributed by atoms with Crippen LogP contribution in [-0.2, 0) is 11.2 Å². The maximum atomic E-state index is 11.6. The van der Waals surface area contributed by atoms with Crippen molar-refractivity contribution in [1.82, 2.24) is 5.32 Å². The van der Waals surface area contributed by atoms with Crippen molar-refractivity contribution in [2.45, 2.75) is 32.2 Å². The first-order valence-corrected chi connectivity index (χ1v) is 7.25. The molecule has 1 aromatic rings. The molecule has 0 heterocycles. The molecule has 0 aliphatic rings. The summed E-state index contributed by atoms with van der Waals surface area (Å²) in [5, 5.41) is 11.5. The van der Waals surface area contributed by atoms with E-state index in [4.69, 9.17) is 27.3 Å². The molecule has 21 heavy (non-hydrogen) atoms. The first-order valence-electron chi connectivity index (χ1n) is 6.87. The van der Waals surface area contributed by atoms with Crippen molar-refractivity contribution >= 4 is 17.5 Å². The first kappa shape index (κ1) is 17.3. The molecule has 0 aliphatic heterocycles. The van der Waals surface area contributed by atoms with Crippen LogP contribution in [0, 0.1) is 11.3 Å². The van der Waals surface area contributed by atoms with Gasteiger partial charge in [-0.1, -0.05) is 30.7 Å². The van der Waals surface area contributed by atoms with Crippen molar-refractivity contribution in [3.8, 4) is 11.8 Å². The summed E-state index contributed by atoms with van der Waals surface area (Å²) in [5.41, 5.74) is 6.84. The zero-order valence-electron chi connectivity index (χ0n) is 12.1. The van der Waals surface area contributed by atoms with Gasteiger partial charge in [-0.2, -0.15) is 5.26 Å². The molecule has 1 aromatic carbocycles. The SMILES string of the molecule is CCC(N)Cc1cccc(Cl)c1OCC(=O)NCCC#N. The van der Waals surface area contributed by atoms with Crippen LogP contribution in [0.2, 0.25) is 5.02 Å². The number of carbonyl (C=O) groups is 1. The Kier molecular flexibility index (Phi) is 7.59. The zero-order valence-corrected chi connectivity index (χ0v) is 12.8. The number of nitrogens with two attached hydrogens (primary N) is 1. The summed E-state index contributed by atoms with van der Waals surface area (Å²) in [5.74, 6) is 0.217. The highest BCUT2D eigenvalue weighted by atomic mass is 35.5. The van der Waals surface area contributed by atoms with Gasteiger partial charge in [0.25, 0.3) is 5.91 Å². The number of nitriles is 1. The quantitative estimate of drug-likeness (QED) is 0.719. The van der Waals surface area contributed by atoms with E-state index < -0.39 is 0 Å². The normalized spacial score (nSPS) is 11.5. The lowest BCUT2D eigenvalue weighted by atomic mass is 10.0. The maximum Gasteiger partial charge on any atom is 0.257 e. The molecule has 0 aliphatic carbocycles. The Morgan fingerprint density at radius 2 is 2.33 bits per heavy atom. The number of halogens is 1. The zero-order chi connectivity index (χ0) is 15.7. The van der Waals surface area contributed by atoms with E-state index in [0.717, 1.165) is 12.0 Å². The molecule has 0 spiro atoms. The summed E-state index contributed by atoms with van der Waals surface area (Å²) in [6.45, 7) is 2.19. The van der Waals surface area contributed by atoms with Gasteiger partial charge < -0.3 is 15.8 Å². The molecule has 0 radical (unpaired) electrons. The maximum absolute atomic E-state index is 11.6. The molecule has 1 amide bonds. The number of nitrogens with zero attached hydrogens (tertiary/aromatic N) is 1. The Morgan fingerprint density at radius 3 is 3.00 bits per heavy atom. The van der Waals surface area contributed by atoms with Crippen molar-refractivity contribution in [3.05, 3.63) is 28.8 Å². The lowest BCUT2D eigenvalue weighted by molar-refractivity contribution is -0.123. The fraction of sp³-hybridized carbons (Fsp3) is 0.467. The molecular weight excluding hydrogens is 290 g/mol. The van der Waals surface area contributed by atoms with Gasteiger partial charge in [0.1, 0.15) is 5.75 Å². The summed E-state index contributed by atoms with van der Waals surface area (Å²) in [4.78, 5) is 11.6.